The maximum atomic E-state index is 5.54. The fourth-order valence-electron chi connectivity index (χ4n) is 4.07. The van der Waals surface area contributed by atoms with Gasteiger partial charge in [-0.2, -0.15) is 0 Å². The zero-order valence-corrected chi connectivity index (χ0v) is 20.6. The lowest BCUT2D eigenvalue weighted by molar-refractivity contribution is 0.530. The molecule has 0 fully saturated rings. The highest BCUT2D eigenvalue weighted by atomic mass is 32.1. The third-order valence-corrected chi connectivity index (χ3v) is 6.21. The Morgan fingerprint density at radius 1 is 1.03 bits per heavy atom. The van der Waals surface area contributed by atoms with Gasteiger partial charge in [0.25, 0.3) is 0 Å². The Balaban J connectivity index is 1.67. The van der Waals surface area contributed by atoms with E-state index in [0.717, 1.165) is 41.2 Å². The predicted octanol–water partition coefficient (Wildman–Crippen LogP) is 8.09. The Morgan fingerprint density at radius 2 is 1.75 bits per heavy atom. The second-order valence-corrected chi connectivity index (χ2v) is 9.19. The molecule has 0 aromatic heterocycles. The number of hydrogen-bond acceptors (Lipinski definition) is 1. The van der Waals surface area contributed by atoms with E-state index in [2.05, 4.69) is 99.5 Å². The highest BCUT2D eigenvalue weighted by molar-refractivity contribution is 7.80. The summed E-state index contributed by atoms with van der Waals surface area (Å²) in [6.45, 7) is 17.6. The molecule has 0 amide bonds. The van der Waals surface area contributed by atoms with Gasteiger partial charge in [-0.25, -0.2) is 0 Å². The van der Waals surface area contributed by atoms with Crippen LogP contribution in [0.1, 0.15) is 49.4 Å². The molecule has 164 valence electrons. The molecular weight excluding hydrogens is 406 g/mol. The zero-order chi connectivity index (χ0) is 23.3. The maximum absolute atomic E-state index is 5.54. The van der Waals surface area contributed by atoms with Crippen molar-refractivity contribution >= 4 is 28.4 Å². The van der Waals surface area contributed by atoms with Crippen molar-refractivity contribution in [3.63, 3.8) is 0 Å². The molecule has 2 aromatic carbocycles. The van der Waals surface area contributed by atoms with Gasteiger partial charge in [0.1, 0.15) is 0 Å². The van der Waals surface area contributed by atoms with Crippen LogP contribution in [0.2, 0.25) is 0 Å². The number of allylic oxidation sites excluding steroid dienone is 7. The molecule has 1 aliphatic rings. The molecule has 1 nitrogen and oxygen atoms in total. The fraction of sp³-hybridized carbons (Fsp3) is 0.233. The van der Waals surface area contributed by atoms with Gasteiger partial charge < -0.3 is 4.90 Å². The molecule has 0 radical (unpaired) electrons. The fourth-order valence-corrected chi connectivity index (χ4v) is 4.27. The maximum Gasteiger partial charge on any atom is 0.0792 e. The summed E-state index contributed by atoms with van der Waals surface area (Å²) in [6.07, 6.45) is 8.54. The third kappa shape index (κ3) is 5.83. The molecule has 0 saturated carbocycles. The van der Waals surface area contributed by atoms with Crippen LogP contribution in [0.5, 0.6) is 0 Å². The van der Waals surface area contributed by atoms with Gasteiger partial charge in [0.15, 0.2) is 0 Å². The van der Waals surface area contributed by atoms with Gasteiger partial charge in [-0.15, -0.1) is 0 Å². The molecule has 0 bridgehead atoms. The van der Waals surface area contributed by atoms with Gasteiger partial charge in [0.2, 0.25) is 0 Å². The predicted molar refractivity (Wildman–Crippen MR) is 145 cm³/mol. The van der Waals surface area contributed by atoms with Gasteiger partial charge in [-0.05, 0) is 85.6 Å². The van der Waals surface area contributed by atoms with Crippen LogP contribution in [0.3, 0.4) is 0 Å². The van der Waals surface area contributed by atoms with Gasteiger partial charge in [0.05, 0.1) is 4.99 Å². The van der Waals surface area contributed by atoms with Crippen LogP contribution in [0.15, 0.2) is 96.8 Å². The monoisotopic (exact) mass is 439 g/mol. The first kappa shape index (κ1) is 23.7. The zero-order valence-electron chi connectivity index (χ0n) is 19.7. The van der Waals surface area contributed by atoms with Gasteiger partial charge in [-0.1, -0.05) is 91.6 Å². The van der Waals surface area contributed by atoms with Crippen molar-refractivity contribution < 1.29 is 0 Å². The molecule has 0 atom stereocenters. The highest BCUT2D eigenvalue weighted by Crippen LogP contribution is 2.32. The molecule has 0 unspecified atom stereocenters. The lowest BCUT2D eigenvalue weighted by Gasteiger charge is -2.26. The Hall–Kier alpha value is -2.97. The van der Waals surface area contributed by atoms with Crippen LogP contribution in [-0.2, 0) is 6.42 Å². The van der Waals surface area contributed by atoms with E-state index >= 15 is 0 Å². The van der Waals surface area contributed by atoms with Crippen molar-refractivity contribution in [3.8, 4) is 0 Å². The molecular formula is C30H33NS. The van der Waals surface area contributed by atoms with Crippen LogP contribution in [0.4, 0.5) is 0 Å². The van der Waals surface area contributed by atoms with E-state index < -0.39 is 0 Å². The summed E-state index contributed by atoms with van der Waals surface area (Å²) in [5.74, 6) is 0. The lowest BCUT2D eigenvalue weighted by Crippen LogP contribution is -2.29. The first-order chi connectivity index (χ1) is 15.3. The van der Waals surface area contributed by atoms with Crippen molar-refractivity contribution in [2.24, 2.45) is 0 Å². The highest BCUT2D eigenvalue weighted by Gasteiger charge is 2.14. The molecule has 2 heteroatoms. The van der Waals surface area contributed by atoms with E-state index in [1.807, 2.05) is 13.0 Å². The molecule has 0 N–H and O–H groups in total. The minimum atomic E-state index is 0.832. The van der Waals surface area contributed by atoms with Crippen molar-refractivity contribution in [1.29, 1.82) is 0 Å². The molecule has 2 aromatic rings. The average Bonchev–Trinajstić information content (AvgIpc) is 3.22. The third-order valence-electron chi connectivity index (χ3n) is 5.99. The minimum absolute atomic E-state index is 0.832. The van der Waals surface area contributed by atoms with E-state index in [9.17, 15) is 0 Å². The van der Waals surface area contributed by atoms with Gasteiger partial charge >= 0.3 is 0 Å². The number of nitrogens with zero attached hydrogens (tertiary/aromatic N) is 1. The van der Waals surface area contributed by atoms with Crippen molar-refractivity contribution in [3.05, 3.63) is 119 Å². The average molecular weight is 440 g/mol. The molecule has 0 saturated heterocycles. The first-order valence-corrected chi connectivity index (χ1v) is 11.5. The van der Waals surface area contributed by atoms with E-state index in [1.165, 1.54) is 33.4 Å². The second kappa shape index (κ2) is 10.6. The quantitative estimate of drug-likeness (QED) is 0.302. The largest absolute Gasteiger partial charge is 0.336 e. The lowest BCUT2D eigenvalue weighted by atomic mass is 9.95. The topological polar surface area (TPSA) is 3.24 Å². The molecule has 0 spiro atoms. The number of hydrogen-bond donors (Lipinski definition) is 0. The summed E-state index contributed by atoms with van der Waals surface area (Å²) in [7, 11) is 0. The Morgan fingerprint density at radius 3 is 2.41 bits per heavy atom. The minimum Gasteiger partial charge on any atom is -0.336 e. The molecule has 32 heavy (non-hydrogen) atoms. The van der Waals surface area contributed by atoms with Crippen molar-refractivity contribution in [2.75, 3.05) is 6.54 Å². The number of benzene rings is 2. The van der Waals surface area contributed by atoms with Crippen LogP contribution in [-0.4, -0.2) is 16.4 Å². The van der Waals surface area contributed by atoms with Gasteiger partial charge in [0, 0.05) is 12.2 Å². The number of rotatable bonds is 8. The van der Waals surface area contributed by atoms with Crippen molar-refractivity contribution in [1.82, 2.24) is 4.90 Å². The second-order valence-electron chi connectivity index (χ2n) is 8.60. The number of thiocarbonyl (C=S) groups is 1. The summed E-state index contributed by atoms with van der Waals surface area (Å²) in [5, 5.41) is 0. The summed E-state index contributed by atoms with van der Waals surface area (Å²) in [5.41, 5.74) is 10.9. The van der Waals surface area contributed by atoms with Crippen LogP contribution in [0.25, 0.3) is 11.1 Å². The number of aryl methyl sites for hydroxylation is 1. The molecule has 0 heterocycles. The molecule has 0 aliphatic heterocycles. The van der Waals surface area contributed by atoms with Crippen molar-refractivity contribution in [2.45, 2.75) is 40.5 Å². The van der Waals surface area contributed by atoms with Gasteiger partial charge in [-0.3, -0.25) is 0 Å². The summed E-state index contributed by atoms with van der Waals surface area (Å²) < 4.78 is 0. The van der Waals surface area contributed by atoms with Crippen LogP contribution >= 0.6 is 12.2 Å². The first-order valence-electron chi connectivity index (χ1n) is 11.1. The van der Waals surface area contributed by atoms with E-state index in [1.54, 1.807) is 0 Å². The standard InChI is InChI=1S/C30H33NS/c1-21(2)30-20-29(14-12-22(30)3)28-15-13-27(19-28)18-23(4)24(5)31(25(6)32)17-16-26-10-8-7-9-11-26/h7-15,18,20H,1,5,16-17,19H2,2-4,6H3/b23-18+. The Labute approximate surface area is 199 Å². The SMILES string of the molecule is C=C(C)c1cc(C2=CC=C(/C=C(\C)C(=C)N(CCc3ccccc3)C(C)=S)C2)ccc1C. The normalized spacial score (nSPS) is 13.4. The van der Waals surface area contributed by atoms with E-state index in [4.69, 9.17) is 12.2 Å². The summed E-state index contributed by atoms with van der Waals surface area (Å²) in [4.78, 5) is 3.00. The van der Waals surface area contributed by atoms with Crippen LogP contribution < -0.4 is 0 Å². The molecule has 1 aliphatic carbocycles. The summed E-state index contributed by atoms with van der Waals surface area (Å²) in [6, 6.07) is 17.2. The van der Waals surface area contributed by atoms with E-state index in [0.29, 0.717) is 0 Å². The Kier molecular flexibility index (Phi) is 7.82. The van der Waals surface area contributed by atoms with E-state index in [-0.39, 0.29) is 0 Å². The van der Waals surface area contributed by atoms with Crippen LogP contribution in [0, 0.1) is 6.92 Å². The smallest absolute Gasteiger partial charge is 0.0792 e. The Bertz CT molecular complexity index is 1130. The molecule has 3 rings (SSSR count). The summed E-state index contributed by atoms with van der Waals surface area (Å²) >= 11 is 5.54.